The SMILES string of the molecule is CCCN(C1CCC(N)CC1)C1CCC(C)C1. The summed E-state index contributed by atoms with van der Waals surface area (Å²) in [7, 11) is 0. The summed E-state index contributed by atoms with van der Waals surface area (Å²) in [4.78, 5) is 2.84. The van der Waals surface area contributed by atoms with Gasteiger partial charge in [-0.2, -0.15) is 0 Å². The van der Waals surface area contributed by atoms with E-state index >= 15 is 0 Å². The van der Waals surface area contributed by atoms with Crippen LogP contribution < -0.4 is 5.73 Å². The minimum atomic E-state index is 0.484. The molecule has 0 radical (unpaired) electrons. The molecule has 2 atom stereocenters. The lowest BCUT2D eigenvalue weighted by molar-refractivity contribution is 0.0998. The van der Waals surface area contributed by atoms with Gasteiger partial charge in [0.2, 0.25) is 0 Å². The van der Waals surface area contributed by atoms with Crippen LogP contribution in [-0.4, -0.2) is 29.6 Å². The normalized spacial score (nSPS) is 38.8. The molecule has 2 aliphatic rings. The lowest BCUT2D eigenvalue weighted by Gasteiger charge is -2.40. The van der Waals surface area contributed by atoms with Gasteiger partial charge in [-0.25, -0.2) is 0 Å². The molecule has 2 unspecified atom stereocenters. The number of hydrogen-bond acceptors (Lipinski definition) is 2. The Hall–Kier alpha value is -0.0800. The third-order valence-electron chi connectivity index (χ3n) is 4.83. The smallest absolute Gasteiger partial charge is 0.0101 e. The molecular formula is C15H30N2. The summed E-state index contributed by atoms with van der Waals surface area (Å²) in [5, 5.41) is 0. The quantitative estimate of drug-likeness (QED) is 0.815. The summed E-state index contributed by atoms with van der Waals surface area (Å²) in [5.74, 6) is 0.949. The van der Waals surface area contributed by atoms with Crippen molar-refractivity contribution < 1.29 is 0 Å². The third-order valence-corrected chi connectivity index (χ3v) is 4.83. The van der Waals surface area contributed by atoms with E-state index in [0.29, 0.717) is 6.04 Å². The second-order valence-electron chi connectivity index (χ2n) is 6.38. The Kier molecular flexibility index (Phi) is 4.87. The van der Waals surface area contributed by atoms with Crippen LogP contribution in [0.15, 0.2) is 0 Å². The predicted molar refractivity (Wildman–Crippen MR) is 74.0 cm³/mol. The van der Waals surface area contributed by atoms with Crippen molar-refractivity contribution >= 4 is 0 Å². The first kappa shape index (κ1) is 13.4. The van der Waals surface area contributed by atoms with Crippen LogP contribution in [0.25, 0.3) is 0 Å². The maximum absolute atomic E-state index is 6.03. The third kappa shape index (κ3) is 3.45. The van der Waals surface area contributed by atoms with Gasteiger partial charge >= 0.3 is 0 Å². The van der Waals surface area contributed by atoms with Gasteiger partial charge in [-0.15, -0.1) is 0 Å². The molecule has 0 saturated heterocycles. The molecule has 0 spiro atoms. The van der Waals surface area contributed by atoms with Crippen LogP contribution >= 0.6 is 0 Å². The van der Waals surface area contributed by atoms with E-state index in [-0.39, 0.29) is 0 Å². The van der Waals surface area contributed by atoms with Gasteiger partial charge < -0.3 is 5.73 Å². The Balaban J connectivity index is 1.91. The maximum Gasteiger partial charge on any atom is 0.0101 e. The van der Waals surface area contributed by atoms with Crippen LogP contribution in [0.1, 0.15) is 65.2 Å². The summed E-state index contributed by atoms with van der Waals surface area (Å²) in [6.07, 6.45) is 10.8. The molecule has 2 saturated carbocycles. The van der Waals surface area contributed by atoms with Gasteiger partial charge in [0, 0.05) is 18.1 Å². The van der Waals surface area contributed by atoms with Crippen LogP contribution in [-0.2, 0) is 0 Å². The Labute approximate surface area is 107 Å². The lowest BCUT2D eigenvalue weighted by atomic mass is 9.89. The highest BCUT2D eigenvalue weighted by Crippen LogP contribution is 2.33. The molecule has 2 fully saturated rings. The summed E-state index contributed by atoms with van der Waals surface area (Å²) in [6.45, 7) is 6.04. The molecule has 17 heavy (non-hydrogen) atoms. The van der Waals surface area contributed by atoms with Crippen LogP contribution in [0.5, 0.6) is 0 Å². The van der Waals surface area contributed by atoms with E-state index in [1.807, 2.05) is 0 Å². The van der Waals surface area contributed by atoms with Crippen molar-refractivity contribution in [3.63, 3.8) is 0 Å². The van der Waals surface area contributed by atoms with Gasteiger partial charge in [0.1, 0.15) is 0 Å². The molecule has 2 heteroatoms. The van der Waals surface area contributed by atoms with E-state index in [1.54, 1.807) is 0 Å². The molecule has 2 nitrogen and oxygen atoms in total. The number of rotatable bonds is 4. The highest BCUT2D eigenvalue weighted by atomic mass is 15.2. The van der Waals surface area contributed by atoms with E-state index in [4.69, 9.17) is 5.73 Å². The minimum Gasteiger partial charge on any atom is -0.328 e. The minimum absolute atomic E-state index is 0.484. The lowest BCUT2D eigenvalue weighted by Crippen LogP contribution is -2.46. The van der Waals surface area contributed by atoms with Crippen LogP contribution in [0.2, 0.25) is 0 Å². The fourth-order valence-electron chi connectivity index (χ4n) is 3.83. The Morgan fingerprint density at radius 1 is 1.00 bits per heavy atom. The molecule has 0 aliphatic heterocycles. The number of nitrogens with zero attached hydrogens (tertiary/aromatic N) is 1. The van der Waals surface area contributed by atoms with Crippen molar-refractivity contribution in [3.05, 3.63) is 0 Å². The molecular weight excluding hydrogens is 208 g/mol. The van der Waals surface area contributed by atoms with Crippen LogP contribution in [0.3, 0.4) is 0 Å². The maximum atomic E-state index is 6.03. The van der Waals surface area contributed by atoms with E-state index in [2.05, 4.69) is 18.7 Å². The topological polar surface area (TPSA) is 29.3 Å². The summed E-state index contributed by atoms with van der Waals surface area (Å²) < 4.78 is 0. The molecule has 0 aromatic heterocycles. The van der Waals surface area contributed by atoms with E-state index in [0.717, 1.165) is 18.0 Å². The number of hydrogen-bond donors (Lipinski definition) is 1. The summed E-state index contributed by atoms with van der Waals surface area (Å²) in [6, 6.07) is 2.20. The fourth-order valence-corrected chi connectivity index (χ4v) is 3.83. The second kappa shape index (κ2) is 6.19. The van der Waals surface area contributed by atoms with E-state index in [9.17, 15) is 0 Å². The number of nitrogens with two attached hydrogens (primary N) is 1. The molecule has 2 aliphatic carbocycles. The standard InChI is InChI=1S/C15H30N2/c1-3-10-17(15-7-4-12(2)11-15)14-8-5-13(16)6-9-14/h12-15H,3-11,16H2,1-2H3. The fraction of sp³-hybridized carbons (Fsp3) is 1.00. The van der Waals surface area contributed by atoms with Crippen molar-refractivity contribution in [2.45, 2.75) is 83.3 Å². The van der Waals surface area contributed by atoms with Crippen molar-refractivity contribution in [2.24, 2.45) is 11.7 Å². The molecule has 0 bridgehead atoms. The zero-order chi connectivity index (χ0) is 12.3. The predicted octanol–water partition coefficient (Wildman–Crippen LogP) is 3.16. The molecule has 0 heterocycles. The molecule has 0 amide bonds. The van der Waals surface area contributed by atoms with Gasteiger partial charge in [-0.3, -0.25) is 4.90 Å². The Morgan fingerprint density at radius 3 is 2.18 bits per heavy atom. The average molecular weight is 238 g/mol. The molecule has 2 rings (SSSR count). The molecule has 100 valence electrons. The zero-order valence-corrected chi connectivity index (χ0v) is 11.7. The largest absolute Gasteiger partial charge is 0.328 e. The highest BCUT2D eigenvalue weighted by molar-refractivity contribution is 4.88. The van der Waals surface area contributed by atoms with Gasteiger partial charge in [0.15, 0.2) is 0 Å². The first-order chi connectivity index (χ1) is 8.20. The van der Waals surface area contributed by atoms with Gasteiger partial charge in [0.05, 0.1) is 0 Å². The Bertz CT molecular complexity index is 221. The van der Waals surface area contributed by atoms with Crippen LogP contribution in [0.4, 0.5) is 0 Å². The summed E-state index contributed by atoms with van der Waals surface area (Å²) >= 11 is 0. The van der Waals surface area contributed by atoms with Gasteiger partial charge in [-0.1, -0.05) is 13.8 Å². The van der Waals surface area contributed by atoms with Crippen molar-refractivity contribution in [2.75, 3.05) is 6.54 Å². The van der Waals surface area contributed by atoms with Gasteiger partial charge in [0.25, 0.3) is 0 Å². The zero-order valence-electron chi connectivity index (χ0n) is 11.7. The van der Waals surface area contributed by atoms with Gasteiger partial charge in [-0.05, 0) is 63.8 Å². The van der Waals surface area contributed by atoms with Crippen molar-refractivity contribution in [1.82, 2.24) is 4.90 Å². The van der Waals surface area contributed by atoms with Crippen molar-refractivity contribution in [3.8, 4) is 0 Å². The highest BCUT2D eigenvalue weighted by Gasteiger charge is 2.32. The average Bonchev–Trinajstić information content (AvgIpc) is 2.74. The first-order valence-electron chi connectivity index (χ1n) is 7.72. The second-order valence-corrected chi connectivity index (χ2v) is 6.38. The summed E-state index contributed by atoms with van der Waals surface area (Å²) in [5.41, 5.74) is 6.03. The molecule has 0 aromatic rings. The Morgan fingerprint density at radius 2 is 1.65 bits per heavy atom. The monoisotopic (exact) mass is 238 g/mol. The van der Waals surface area contributed by atoms with Crippen LogP contribution in [0, 0.1) is 5.92 Å². The molecule has 2 N–H and O–H groups in total. The molecule has 0 aromatic carbocycles. The van der Waals surface area contributed by atoms with E-state index in [1.165, 1.54) is 57.9 Å². The van der Waals surface area contributed by atoms with Crippen molar-refractivity contribution in [1.29, 1.82) is 0 Å². The van der Waals surface area contributed by atoms with E-state index < -0.39 is 0 Å². The first-order valence-corrected chi connectivity index (χ1v) is 7.72.